The van der Waals surface area contributed by atoms with Gasteiger partial charge in [0.15, 0.2) is 0 Å². The zero-order chi connectivity index (χ0) is 12.7. The number of unbranched alkanes of at least 4 members (excludes halogenated alkanes) is 1. The zero-order valence-electron chi connectivity index (χ0n) is 11.1. The summed E-state index contributed by atoms with van der Waals surface area (Å²) in [5.74, 6) is 0.425. The topological polar surface area (TPSA) is 51.8 Å². The van der Waals surface area contributed by atoms with Crippen LogP contribution in [0.2, 0.25) is 0 Å². The standard InChI is InChI=1S/C15H19N3/c1-3-4-5-11-9(2)8-10-6-7-12-13(10)14(11)18-15(16)17-12/h8H,3-7H2,1-2H3,(H2,16,17,18). The predicted octanol–water partition coefficient (Wildman–Crippen LogP) is 2.96. The molecule has 0 fully saturated rings. The van der Waals surface area contributed by atoms with Crippen LogP contribution in [0.5, 0.6) is 0 Å². The first-order valence-electron chi connectivity index (χ1n) is 6.78. The minimum Gasteiger partial charge on any atom is -0.368 e. The van der Waals surface area contributed by atoms with Crippen molar-refractivity contribution in [2.45, 2.75) is 46.0 Å². The van der Waals surface area contributed by atoms with Gasteiger partial charge in [-0.2, -0.15) is 0 Å². The SMILES string of the molecule is CCCCc1c(C)cc2c3c(nc(N)nc13)CC2. The summed E-state index contributed by atoms with van der Waals surface area (Å²) in [6.45, 7) is 4.41. The number of nitrogens with zero attached hydrogens (tertiary/aromatic N) is 2. The van der Waals surface area contributed by atoms with E-state index in [1.54, 1.807) is 0 Å². The van der Waals surface area contributed by atoms with Crippen LogP contribution in [-0.4, -0.2) is 9.97 Å². The number of aromatic nitrogens is 2. The molecule has 3 nitrogen and oxygen atoms in total. The number of nitrogens with two attached hydrogens (primary N) is 1. The smallest absolute Gasteiger partial charge is 0.220 e. The van der Waals surface area contributed by atoms with Crippen molar-refractivity contribution < 1.29 is 0 Å². The van der Waals surface area contributed by atoms with E-state index in [-0.39, 0.29) is 0 Å². The summed E-state index contributed by atoms with van der Waals surface area (Å²) < 4.78 is 0. The van der Waals surface area contributed by atoms with Crippen LogP contribution in [0.1, 0.15) is 42.1 Å². The van der Waals surface area contributed by atoms with Crippen molar-refractivity contribution in [2.24, 2.45) is 0 Å². The molecule has 1 aliphatic rings. The summed E-state index contributed by atoms with van der Waals surface area (Å²) in [5.41, 5.74) is 12.2. The van der Waals surface area contributed by atoms with Gasteiger partial charge in [-0.1, -0.05) is 19.4 Å². The molecule has 1 aromatic carbocycles. The van der Waals surface area contributed by atoms with Gasteiger partial charge in [0.25, 0.3) is 0 Å². The molecule has 3 heteroatoms. The zero-order valence-corrected chi connectivity index (χ0v) is 11.1. The van der Waals surface area contributed by atoms with Crippen molar-refractivity contribution in [1.29, 1.82) is 0 Å². The summed E-state index contributed by atoms with van der Waals surface area (Å²) in [4.78, 5) is 8.91. The van der Waals surface area contributed by atoms with Gasteiger partial charge in [0.1, 0.15) is 0 Å². The van der Waals surface area contributed by atoms with Gasteiger partial charge >= 0.3 is 0 Å². The van der Waals surface area contributed by atoms with Crippen LogP contribution in [0.15, 0.2) is 6.07 Å². The Morgan fingerprint density at radius 2 is 2.11 bits per heavy atom. The number of anilines is 1. The predicted molar refractivity (Wildman–Crippen MR) is 74.7 cm³/mol. The van der Waals surface area contributed by atoms with Crippen molar-refractivity contribution in [3.63, 3.8) is 0 Å². The van der Waals surface area contributed by atoms with Gasteiger partial charge in [-0.05, 0) is 49.3 Å². The third-order valence-electron chi connectivity index (χ3n) is 3.89. The van der Waals surface area contributed by atoms with Gasteiger partial charge in [0.2, 0.25) is 5.95 Å². The Kier molecular flexibility index (Phi) is 2.69. The quantitative estimate of drug-likeness (QED) is 0.898. The van der Waals surface area contributed by atoms with Gasteiger partial charge in [0.05, 0.1) is 11.2 Å². The van der Waals surface area contributed by atoms with E-state index >= 15 is 0 Å². The minimum atomic E-state index is 0.425. The molecule has 1 heterocycles. The largest absolute Gasteiger partial charge is 0.368 e. The van der Waals surface area contributed by atoms with E-state index in [2.05, 4.69) is 29.9 Å². The number of hydrogen-bond acceptors (Lipinski definition) is 3. The summed E-state index contributed by atoms with van der Waals surface area (Å²) in [7, 11) is 0. The molecule has 1 aromatic heterocycles. The minimum absolute atomic E-state index is 0.425. The first-order valence-corrected chi connectivity index (χ1v) is 6.78. The van der Waals surface area contributed by atoms with Gasteiger partial charge in [-0.25, -0.2) is 9.97 Å². The Morgan fingerprint density at radius 1 is 1.28 bits per heavy atom. The van der Waals surface area contributed by atoms with Crippen LogP contribution in [0.3, 0.4) is 0 Å². The molecule has 0 atom stereocenters. The van der Waals surface area contributed by atoms with Crippen LogP contribution in [-0.2, 0) is 19.3 Å². The van der Waals surface area contributed by atoms with E-state index in [0.717, 1.165) is 30.5 Å². The van der Waals surface area contributed by atoms with Crippen molar-refractivity contribution in [2.75, 3.05) is 5.73 Å². The average molecular weight is 241 g/mol. The lowest BCUT2D eigenvalue weighted by molar-refractivity contribution is 0.794. The Hall–Kier alpha value is -1.64. The highest BCUT2D eigenvalue weighted by molar-refractivity contribution is 5.90. The van der Waals surface area contributed by atoms with E-state index in [0.29, 0.717) is 5.95 Å². The maximum Gasteiger partial charge on any atom is 0.220 e. The second-order valence-corrected chi connectivity index (χ2v) is 5.19. The molecule has 0 bridgehead atoms. The Labute approximate surface area is 107 Å². The van der Waals surface area contributed by atoms with E-state index in [9.17, 15) is 0 Å². The van der Waals surface area contributed by atoms with Crippen molar-refractivity contribution >= 4 is 16.9 Å². The van der Waals surface area contributed by atoms with Crippen LogP contribution in [0, 0.1) is 6.92 Å². The molecule has 2 N–H and O–H groups in total. The van der Waals surface area contributed by atoms with E-state index in [1.807, 2.05) is 0 Å². The molecule has 18 heavy (non-hydrogen) atoms. The van der Waals surface area contributed by atoms with Crippen molar-refractivity contribution in [3.8, 4) is 0 Å². The van der Waals surface area contributed by atoms with Crippen molar-refractivity contribution in [3.05, 3.63) is 28.5 Å². The third kappa shape index (κ3) is 1.65. The molecule has 0 aliphatic heterocycles. The first-order chi connectivity index (χ1) is 8.70. The highest BCUT2D eigenvalue weighted by Gasteiger charge is 2.20. The fourth-order valence-electron chi connectivity index (χ4n) is 2.99. The third-order valence-corrected chi connectivity index (χ3v) is 3.89. The summed E-state index contributed by atoms with van der Waals surface area (Å²) >= 11 is 0. The highest BCUT2D eigenvalue weighted by atomic mass is 15.0. The van der Waals surface area contributed by atoms with Gasteiger partial charge in [0, 0.05) is 5.39 Å². The van der Waals surface area contributed by atoms with Gasteiger partial charge < -0.3 is 5.73 Å². The normalized spacial score (nSPS) is 13.4. The summed E-state index contributed by atoms with van der Waals surface area (Å²) in [5, 5.41) is 1.28. The lowest BCUT2D eigenvalue weighted by Crippen LogP contribution is -2.02. The fourth-order valence-corrected chi connectivity index (χ4v) is 2.99. The van der Waals surface area contributed by atoms with Gasteiger partial charge in [-0.15, -0.1) is 0 Å². The molecule has 0 radical (unpaired) electrons. The monoisotopic (exact) mass is 241 g/mol. The molecule has 0 amide bonds. The Balaban J connectivity index is 2.28. The van der Waals surface area contributed by atoms with Crippen LogP contribution in [0.25, 0.3) is 10.9 Å². The molecular weight excluding hydrogens is 222 g/mol. The summed E-state index contributed by atoms with van der Waals surface area (Å²) in [6.07, 6.45) is 5.59. The molecular formula is C15H19N3. The molecule has 1 aliphatic carbocycles. The molecule has 0 saturated carbocycles. The van der Waals surface area contributed by atoms with E-state index in [4.69, 9.17) is 5.73 Å². The molecule has 0 unspecified atom stereocenters. The fraction of sp³-hybridized carbons (Fsp3) is 0.467. The maximum atomic E-state index is 5.85. The lowest BCUT2D eigenvalue weighted by Gasteiger charge is -2.11. The molecule has 0 saturated heterocycles. The summed E-state index contributed by atoms with van der Waals surface area (Å²) in [6, 6.07) is 2.32. The number of hydrogen-bond donors (Lipinski definition) is 1. The number of rotatable bonds is 3. The first kappa shape index (κ1) is 11.5. The highest BCUT2D eigenvalue weighted by Crippen LogP contribution is 2.33. The van der Waals surface area contributed by atoms with Crippen LogP contribution < -0.4 is 5.73 Å². The number of benzene rings is 1. The maximum absolute atomic E-state index is 5.85. The van der Waals surface area contributed by atoms with E-state index < -0.39 is 0 Å². The molecule has 2 aromatic rings. The number of aryl methyl sites for hydroxylation is 4. The second-order valence-electron chi connectivity index (χ2n) is 5.19. The van der Waals surface area contributed by atoms with Crippen LogP contribution >= 0.6 is 0 Å². The van der Waals surface area contributed by atoms with E-state index in [1.165, 1.54) is 34.9 Å². The number of nitrogen functional groups attached to an aromatic ring is 1. The van der Waals surface area contributed by atoms with Gasteiger partial charge in [-0.3, -0.25) is 0 Å². The van der Waals surface area contributed by atoms with Crippen molar-refractivity contribution in [1.82, 2.24) is 9.97 Å². The average Bonchev–Trinajstić information content (AvgIpc) is 2.72. The van der Waals surface area contributed by atoms with Crippen LogP contribution in [0.4, 0.5) is 5.95 Å². The lowest BCUT2D eigenvalue weighted by atomic mass is 9.97. The second kappa shape index (κ2) is 4.23. The Morgan fingerprint density at radius 3 is 2.89 bits per heavy atom. The molecule has 3 rings (SSSR count). The molecule has 94 valence electrons. The molecule has 0 spiro atoms. The Bertz CT molecular complexity index is 607.